The van der Waals surface area contributed by atoms with E-state index < -0.39 is 0 Å². The molecule has 1 heterocycles. The SMILES string of the molecule is CSc1ccccc1Oc1ncc(C=O)cc1C. The number of aromatic nitrogens is 1. The van der Waals surface area contributed by atoms with Gasteiger partial charge in [0.1, 0.15) is 5.75 Å². The first-order valence-corrected chi connectivity index (χ1v) is 6.69. The van der Waals surface area contributed by atoms with Gasteiger partial charge in [-0.05, 0) is 31.4 Å². The second kappa shape index (κ2) is 5.69. The predicted molar refractivity (Wildman–Crippen MR) is 72.7 cm³/mol. The molecule has 1 aromatic heterocycles. The van der Waals surface area contributed by atoms with Gasteiger partial charge in [-0.1, -0.05) is 12.1 Å². The van der Waals surface area contributed by atoms with E-state index in [2.05, 4.69) is 4.98 Å². The first-order chi connectivity index (χ1) is 8.74. The number of para-hydroxylation sites is 1. The van der Waals surface area contributed by atoms with E-state index in [1.54, 1.807) is 17.8 Å². The quantitative estimate of drug-likeness (QED) is 0.619. The minimum atomic E-state index is 0.530. The predicted octanol–water partition coefficient (Wildman–Crippen LogP) is 3.72. The molecule has 0 fully saturated rings. The lowest BCUT2D eigenvalue weighted by Crippen LogP contribution is -1.94. The van der Waals surface area contributed by atoms with Gasteiger partial charge >= 0.3 is 0 Å². The van der Waals surface area contributed by atoms with E-state index in [9.17, 15) is 4.79 Å². The van der Waals surface area contributed by atoms with Crippen LogP contribution < -0.4 is 4.74 Å². The Balaban J connectivity index is 2.31. The Kier molecular flexibility index (Phi) is 3.99. The van der Waals surface area contributed by atoms with Crippen LogP contribution in [0.15, 0.2) is 41.4 Å². The molecular weight excluding hydrogens is 246 g/mol. The van der Waals surface area contributed by atoms with Crippen molar-refractivity contribution in [3.05, 3.63) is 47.7 Å². The highest BCUT2D eigenvalue weighted by Gasteiger charge is 2.07. The van der Waals surface area contributed by atoms with Crippen molar-refractivity contribution in [3.8, 4) is 11.6 Å². The number of carbonyl (C=O) groups excluding carboxylic acids is 1. The normalized spacial score (nSPS) is 10.1. The topological polar surface area (TPSA) is 39.2 Å². The molecule has 18 heavy (non-hydrogen) atoms. The molecule has 0 saturated carbocycles. The van der Waals surface area contributed by atoms with Crippen LogP contribution in [0.4, 0.5) is 0 Å². The van der Waals surface area contributed by atoms with Crippen LogP contribution in [0, 0.1) is 6.92 Å². The lowest BCUT2D eigenvalue weighted by molar-refractivity contribution is 0.112. The van der Waals surface area contributed by atoms with Gasteiger partial charge in [0.25, 0.3) is 0 Å². The number of aryl methyl sites for hydroxylation is 1. The number of hydrogen-bond acceptors (Lipinski definition) is 4. The van der Waals surface area contributed by atoms with E-state index in [0.29, 0.717) is 11.4 Å². The van der Waals surface area contributed by atoms with E-state index >= 15 is 0 Å². The molecular formula is C14H13NO2S. The van der Waals surface area contributed by atoms with Gasteiger partial charge in [0.15, 0.2) is 6.29 Å². The lowest BCUT2D eigenvalue weighted by atomic mass is 10.2. The summed E-state index contributed by atoms with van der Waals surface area (Å²) in [5, 5.41) is 0. The summed E-state index contributed by atoms with van der Waals surface area (Å²) < 4.78 is 5.78. The van der Waals surface area contributed by atoms with Gasteiger partial charge in [0.05, 0.1) is 0 Å². The third-order valence-corrected chi connectivity index (χ3v) is 3.24. The van der Waals surface area contributed by atoms with Gasteiger partial charge in [-0.15, -0.1) is 11.8 Å². The summed E-state index contributed by atoms with van der Waals surface area (Å²) in [5.41, 5.74) is 1.40. The van der Waals surface area contributed by atoms with Crippen LogP contribution in [-0.2, 0) is 0 Å². The standard InChI is InChI=1S/C14H13NO2S/c1-10-7-11(9-16)8-15-14(10)17-12-5-3-4-6-13(12)18-2/h3-9H,1-2H3. The molecule has 0 radical (unpaired) electrons. The van der Waals surface area contributed by atoms with Crippen molar-refractivity contribution in [2.24, 2.45) is 0 Å². The van der Waals surface area contributed by atoms with Crippen LogP contribution in [0.5, 0.6) is 11.6 Å². The number of pyridine rings is 1. The third kappa shape index (κ3) is 2.71. The van der Waals surface area contributed by atoms with Crippen molar-refractivity contribution in [1.29, 1.82) is 0 Å². The second-order valence-electron chi connectivity index (χ2n) is 3.76. The number of benzene rings is 1. The Morgan fingerprint density at radius 2 is 2.11 bits per heavy atom. The molecule has 0 N–H and O–H groups in total. The third-order valence-electron chi connectivity index (χ3n) is 2.46. The molecule has 0 aliphatic carbocycles. The Labute approximate surface area is 110 Å². The average Bonchev–Trinajstić information content (AvgIpc) is 2.41. The van der Waals surface area contributed by atoms with Gasteiger partial charge < -0.3 is 4.74 Å². The Morgan fingerprint density at radius 1 is 1.33 bits per heavy atom. The summed E-state index contributed by atoms with van der Waals surface area (Å²) >= 11 is 1.62. The largest absolute Gasteiger partial charge is 0.438 e. The van der Waals surface area contributed by atoms with Crippen molar-refractivity contribution in [2.75, 3.05) is 6.26 Å². The molecule has 2 rings (SSSR count). The number of hydrogen-bond donors (Lipinski definition) is 0. The number of aldehydes is 1. The minimum absolute atomic E-state index is 0.530. The summed E-state index contributed by atoms with van der Waals surface area (Å²) in [6, 6.07) is 9.55. The van der Waals surface area contributed by atoms with Crippen molar-refractivity contribution in [3.63, 3.8) is 0 Å². The van der Waals surface area contributed by atoms with Crippen LogP contribution in [0.3, 0.4) is 0 Å². The van der Waals surface area contributed by atoms with Crippen LogP contribution in [0.1, 0.15) is 15.9 Å². The highest BCUT2D eigenvalue weighted by molar-refractivity contribution is 7.98. The maximum Gasteiger partial charge on any atom is 0.222 e. The summed E-state index contributed by atoms with van der Waals surface area (Å²) in [7, 11) is 0. The van der Waals surface area contributed by atoms with Gasteiger partial charge in [-0.3, -0.25) is 4.79 Å². The van der Waals surface area contributed by atoms with Gasteiger partial charge in [-0.25, -0.2) is 4.98 Å². The maximum atomic E-state index is 10.6. The molecule has 0 saturated heterocycles. The molecule has 92 valence electrons. The summed E-state index contributed by atoms with van der Waals surface area (Å²) in [6.07, 6.45) is 4.29. The highest BCUT2D eigenvalue weighted by Crippen LogP contribution is 2.31. The molecule has 0 amide bonds. The first kappa shape index (κ1) is 12.6. The molecule has 4 heteroatoms. The van der Waals surface area contributed by atoms with E-state index in [1.165, 1.54) is 6.20 Å². The first-order valence-electron chi connectivity index (χ1n) is 5.47. The van der Waals surface area contributed by atoms with Crippen molar-refractivity contribution < 1.29 is 9.53 Å². The monoisotopic (exact) mass is 259 g/mol. The molecule has 0 spiro atoms. The zero-order chi connectivity index (χ0) is 13.0. The average molecular weight is 259 g/mol. The van der Waals surface area contributed by atoms with Crippen molar-refractivity contribution in [1.82, 2.24) is 4.98 Å². The van der Waals surface area contributed by atoms with Crippen LogP contribution >= 0.6 is 11.8 Å². The number of nitrogens with zero attached hydrogens (tertiary/aromatic N) is 1. The summed E-state index contributed by atoms with van der Waals surface area (Å²) in [5.74, 6) is 1.31. The zero-order valence-electron chi connectivity index (χ0n) is 10.2. The number of carbonyl (C=O) groups is 1. The summed E-state index contributed by atoms with van der Waals surface area (Å²) in [6.45, 7) is 1.87. The second-order valence-corrected chi connectivity index (χ2v) is 4.61. The van der Waals surface area contributed by atoms with E-state index in [0.717, 1.165) is 22.5 Å². The molecule has 0 bridgehead atoms. The molecule has 3 nitrogen and oxygen atoms in total. The molecule has 0 aliphatic rings. The van der Waals surface area contributed by atoms with Crippen molar-refractivity contribution >= 4 is 18.0 Å². The number of thioether (sulfide) groups is 1. The molecule has 1 aromatic carbocycles. The maximum absolute atomic E-state index is 10.6. The Hall–Kier alpha value is -1.81. The minimum Gasteiger partial charge on any atom is -0.438 e. The number of rotatable bonds is 4. The lowest BCUT2D eigenvalue weighted by Gasteiger charge is -2.10. The van der Waals surface area contributed by atoms with Gasteiger partial charge in [0, 0.05) is 22.2 Å². The van der Waals surface area contributed by atoms with Crippen LogP contribution in [-0.4, -0.2) is 17.5 Å². The van der Waals surface area contributed by atoms with Crippen LogP contribution in [0.25, 0.3) is 0 Å². The van der Waals surface area contributed by atoms with Crippen molar-refractivity contribution in [2.45, 2.75) is 11.8 Å². The molecule has 0 atom stereocenters. The molecule has 2 aromatic rings. The smallest absolute Gasteiger partial charge is 0.222 e. The Morgan fingerprint density at radius 3 is 2.78 bits per heavy atom. The summed E-state index contributed by atoms with van der Waals surface area (Å²) in [4.78, 5) is 15.9. The molecule has 0 aliphatic heterocycles. The van der Waals surface area contributed by atoms with E-state index in [4.69, 9.17) is 4.74 Å². The van der Waals surface area contributed by atoms with E-state index in [-0.39, 0.29) is 0 Å². The van der Waals surface area contributed by atoms with E-state index in [1.807, 2.05) is 37.4 Å². The van der Waals surface area contributed by atoms with Gasteiger partial charge in [-0.2, -0.15) is 0 Å². The number of ether oxygens (including phenoxy) is 1. The fourth-order valence-corrected chi connectivity index (χ4v) is 2.09. The van der Waals surface area contributed by atoms with Gasteiger partial charge in [0.2, 0.25) is 5.88 Å². The zero-order valence-corrected chi connectivity index (χ0v) is 11.0. The highest BCUT2D eigenvalue weighted by atomic mass is 32.2. The fraction of sp³-hybridized carbons (Fsp3) is 0.143. The Bertz CT molecular complexity index is 569. The van der Waals surface area contributed by atoms with Crippen LogP contribution in [0.2, 0.25) is 0 Å². The molecule has 0 unspecified atom stereocenters. The fourth-order valence-electron chi connectivity index (χ4n) is 1.56.